The molecule has 2 aliphatic rings. The summed E-state index contributed by atoms with van der Waals surface area (Å²) in [5.74, 6) is 0.334. The van der Waals surface area contributed by atoms with Crippen molar-refractivity contribution >= 4 is 5.91 Å². The van der Waals surface area contributed by atoms with Crippen molar-refractivity contribution in [2.24, 2.45) is 0 Å². The van der Waals surface area contributed by atoms with Crippen LogP contribution in [-0.4, -0.2) is 60.0 Å². The van der Waals surface area contributed by atoms with Crippen molar-refractivity contribution in [3.8, 4) is 0 Å². The van der Waals surface area contributed by atoms with Crippen LogP contribution in [0.5, 0.6) is 0 Å². The van der Waals surface area contributed by atoms with Gasteiger partial charge in [0.2, 0.25) is 5.91 Å². The fraction of sp³-hybridized carbons (Fsp3) is 0.933. The fourth-order valence-electron chi connectivity index (χ4n) is 3.40. The standard InChI is InChI=1S/C15H29N3O/c1-4-13-7-5-6-10-18(13)14(19)15(2,3)17-11-8-16-9-12-17/h13,16H,4-12H2,1-3H3. The molecule has 1 amide bonds. The summed E-state index contributed by atoms with van der Waals surface area (Å²) in [5.41, 5.74) is -0.354. The summed E-state index contributed by atoms with van der Waals surface area (Å²) >= 11 is 0. The molecule has 2 fully saturated rings. The van der Waals surface area contributed by atoms with Crippen LogP contribution in [0.1, 0.15) is 46.5 Å². The first-order valence-electron chi connectivity index (χ1n) is 7.84. The Balaban J connectivity index is 2.07. The van der Waals surface area contributed by atoms with Crippen LogP contribution in [-0.2, 0) is 4.79 Å². The highest BCUT2D eigenvalue weighted by atomic mass is 16.2. The lowest BCUT2D eigenvalue weighted by atomic mass is 9.94. The number of amides is 1. The Hall–Kier alpha value is -0.610. The molecule has 1 N–H and O–H groups in total. The van der Waals surface area contributed by atoms with E-state index < -0.39 is 0 Å². The summed E-state index contributed by atoms with van der Waals surface area (Å²) < 4.78 is 0. The van der Waals surface area contributed by atoms with Gasteiger partial charge in [0.25, 0.3) is 0 Å². The Labute approximate surface area is 117 Å². The highest BCUT2D eigenvalue weighted by Crippen LogP contribution is 2.25. The Kier molecular flexibility index (Phi) is 4.85. The highest BCUT2D eigenvalue weighted by Gasteiger charge is 2.40. The van der Waals surface area contributed by atoms with Gasteiger partial charge in [-0.15, -0.1) is 0 Å². The van der Waals surface area contributed by atoms with Gasteiger partial charge >= 0.3 is 0 Å². The van der Waals surface area contributed by atoms with Crippen molar-refractivity contribution in [1.29, 1.82) is 0 Å². The van der Waals surface area contributed by atoms with Crippen molar-refractivity contribution in [3.05, 3.63) is 0 Å². The topological polar surface area (TPSA) is 35.6 Å². The zero-order valence-electron chi connectivity index (χ0n) is 12.7. The molecule has 0 bridgehead atoms. The predicted molar refractivity (Wildman–Crippen MR) is 78.2 cm³/mol. The minimum absolute atomic E-state index is 0.334. The molecule has 110 valence electrons. The molecular formula is C15H29N3O. The van der Waals surface area contributed by atoms with E-state index in [1.54, 1.807) is 0 Å². The van der Waals surface area contributed by atoms with Crippen molar-refractivity contribution in [3.63, 3.8) is 0 Å². The molecule has 1 unspecified atom stereocenters. The zero-order chi connectivity index (χ0) is 13.9. The third-order valence-corrected chi connectivity index (χ3v) is 4.79. The number of hydrogen-bond donors (Lipinski definition) is 1. The number of hydrogen-bond acceptors (Lipinski definition) is 3. The number of carbonyl (C=O) groups excluding carboxylic acids is 1. The normalized spacial score (nSPS) is 26.5. The quantitative estimate of drug-likeness (QED) is 0.841. The van der Waals surface area contributed by atoms with E-state index in [0.29, 0.717) is 11.9 Å². The van der Waals surface area contributed by atoms with E-state index in [1.807, 2.05) is 0 Å². The molecule has 19 heavy (non-hydrogen) atoms. The van der Waals surface area contributed by atoms with Gasteiger partial charge in [-0.05, 0) is 39.5 Å². The molecule has 4 nitrogen and oxygen atoms in total. The molecule has 2 saturated heterocycles. The van der Waals surface area contributed by atoms with Crippen LogP contribution in [0.15, 0.2) is 0 Å². The van der Waals surface area contributed by atoms with E-state index in [9.17, 15) is 4.79 Å². The average molecular weight is 267 g/mol. The van der Waals surface area contributed by atoms with Gasteiger partial charge < -0.3 is 10.2 Å². The van der Waals surface area contributed by atoms with Gasteiger partial charge in [0.1, 0.15) is 0 Å². The zero-order valence-corrected chi connectivity index (χ0v) is 12.7. The smallest absolute Gasteiger partial charge is 0.242 e. The first-order chi connectivity index (χ1) is 9.07. The highest BCUT2D eigenvalue weighted by molar-refractivity contribution is 5.86. The maximum atomic E-state index is 13.0. The molecule has 0 aromatic rings. The Morgan fingerprint density at radius 2 is 1.89 bits per heavy atom. The summed E-state index contributed by atoms with van der Waals surface area (Å²) in [6, 6.07) is 0.462. The van der Waals surface area contributed by atoms with Crippen molar-refractivity contribution < 1.29 is 4.79 Å². The number of rotatable bonds is 3. The van der Waals surface area contributed by atoms with Crippen LogP contribution in [0.3, 0.4) is 0 Å². The summed E-state index contributed by atoms with van der Waals surface area (Å²) in [7, 11) is 0. The van der Waals surface area contributed by atoms with Crippen molar-refractivity contribution in [2.75, 3.05) is 32.7 Å². The lowest BCUT2D eigenvalue weighted by Crippen LogP contribution is -2.62. The molecule has 2 rings (SSSR count). The van der Waals surface area contributed by atoms with Gasteiger partial charge in [-0.2, -0.15) is 0 Å². The molecule has 1 atom stereocenters. The van der Waals surface area contributed by atoms with Gasteiger partial charge in [0, 0.05) is 38.8 Å². The van der Waals surface area contributed by atoms with Crippen LogP contribution in [0.4, 0.5) is 0 Å². The molecule has 0 aromatic carbocycles. The van der Waals surface area contributed by atoms with Crippen LogP contribution in [0.2, 0.25) is 0 Å². The van der Waals surface area contributed by atoms with Gasteiger partial charge in [0.15, 0.2) is 0 Å². The Bertz CT molecular complexity index is 311. The van der Waals surface area contributed by atoms with Crippen molar-refractivity contribution in [2.45, 2.75) is 58.0 Å². The second-order valence-corrected chi connectivity index (χ2v) is 6.35. The van der Waals surface area contributed by atoms with E-state index in [0.717, 1.165) is 39.1 Å². The third kappa shape index (κ3) is 3.11. The summed E-state index contributed by atoms with van der Waals surface area (Å²) in [4.78, 5) is 17.5. The molecular weight excluding hydrogens is 238 g/mol. The lowest BCUT2D eigenvalue weighted by Gasteiger charge is -2.45. The third-order valence-electron chi connectivity index (χ3n) is 4.79. The molecule has 4 heteroatoms. The lowest BCUT2D eigenvalue weighted by molar-refractivity contribution is -0.147. The molecule has 0 radical (unpaired) electrons. The second-order valence-electron chi connectivity index (χ2n) is 6.35. The van der Waals surface area contributed by atoms with Crippen LogP contribution < -0.4 is 5.32 Å². The monoisotopic (exact) mass is 267 g/mol. The summed E-state index contributed by atoms with van der Waals surface area (Å²) in [6.45, 7) is 11.3. The van der Waals surface area contributed by atoms with Gasteiger partial charge in [-0.1, -0.05) is 6.92 Å². The molecule has 0 aromatic heterocycles. The van der Waals surface area contributed by atoms with E-state index in [4.69, 9.17) is 0 Å². The number of nitrogens with zero attached hydrogens (tertiary/aromatic N) is 2. The summed E-state index contributed by atoms with van der Waals surface area (Å²) in [5, 5.41) is 3.36. The maximum absolute atomic E-state index is 13.0. The van der Waals surface area contributed by atoms with E-state index in [2.05, 4.69) is 35.9 Å². The first-order valence-corrected chi connectivity index (χ1v) is 7.84. The Morgan fingerprint density at radius 1 is 1.21 bits per heavy atom. The van der Waals surface area contributed by atoms with Gasteiger partial charge in [-0.25, -0.2) is 0 Å². The molecule has 0 spiro atoms. The van der Waals surface area contributed by atoms with E-state index in [-0.39, 0.29) is 5.54 Å². The number of likely N-dealkylation sites (tertiary alicyclic amines) is 1. The SMILES string of the molecule is CCC1CCCCN1C(=O)C(C)(C)N1CCNCC1. The minimum atomic E-state index is -0.354. The van der Waals surface area contributed by atoms with Crippen molar-refractivity contribution in [1.82, 2.24) is 15.1 Å². The molecule has 2 aliphatic heterocycles. The minimum Gasteiger partial charge on any atom is -0.338 e. The Morgan fingerprint density at radius 3 is 2.53 bits per heavy atom. The number of nitrogens with one attached hydrogen (secondary N) is 1. The van der Waals surface area contributed by atoms with Crippen LogP contribution in [0.25, 0.3) is 0 Å². The molecule has 2 heterocycles. The maximum Gasteiger partial charge on any atom is 0.242 e. The largest absolute Gasteiger partial charge is 0.338 e. The fourth-order valence-corrected chi connectivity index (χ4v) is 3.40. The number of carbonyl (C=O) groups is 1. The summed E-state index contributed by atoms with van der Waals surface area (Å²) in [6.07, 6.45) is 4.71. The van der Waals surface area contributed by atoms with Gasteiger partial charge in [-0.3, -0.25) is 9.69 Å². The van der Waals surface area contributed by atoms with Gasteiger partial charge in [0.05, 0.1) is 5.54 Å². The van der Waals surface area contributed by atoms with Crippen LogP contribution in [0, 0.1) is 0 Å². The van der Waals surface area contributed by atoms with E-state index in [1.165, 1.54) is 19.3 Å². The van der Waals surface area contributed by atoms with Crippen LogP contribution >= 0.6 is 0 Å². The van der Waals surface area contributed by atoms with E-state index >= 15 is 0 Å². The molecule has 0 saturated carbocycles. The average Bonchev–Trinajstić information content (AvgIpc) is 2.47. The second kappa shape index (κ2) is 6.23. The predicted octanol–water partition coefficient (Wildman–Crippen LogP) is 1.46. The first kappa shape index (κ1) is 14.8. The number of piperazine rings is 1. The molecule has 0 aliphatic carbocycles. The number of piperidine rings is 1.